The molecule has 0 spiro atoms. The Bertz CT molecular complexity index is 240. The van der Waals surface area contributed by atoms with Crippen molar-refractivity contribution in [3.05, 3.63) is 0 Å². The van der Waals surface area contributed by atoms with Gasteiger partial charge >= 0.3 is 0 Å². The summed E-state index contributed by atoms with van der Waals surface area (Å²) in [5.74, 6) is 0.832. The van der Waals surface area contributed by atoms with Gasteiger partial charge in [0.05, 0.1) is 0 Å². The van der Waals surface area contributed by atoms with Crippen molar-refractivity contribution in [3.63, 3.8) is 0 Å². The molecule has 0 aromatic carbocycles. The van der Waals surface area contributed by atoms with E-state index in [9.17, 15) is 0 Å². The van der Waals surface area contributed by atoms with E-state index in [-0.39, 0.29) is 5.54 Å². The number of unbranched alkanes of at least 4 members (excludes halogenated alkanes) is 1. The van der Waals surface area contributed by atoms with Gasteiger partial charge in [-0.1, -0.05) is 47.0 Å². The van der Waals surface area contributed by atoms with Gasteiger partial charge in [-0.25, -0.2) is 0 Å². The quantitative estimate of drug-likeness (QED) is 0.539. The van der Waals surface area contributed by atoms with Gasteiger partial charge in [-0.2, -0.15) is 0 Å². The van der Waals surface area contributed by atoms with Crippen molar-refractivity contribution >= 4 is 0 Å². The lowest BCUT2D eigenvalue weighted by Gasteiger charge is -2.32. The molecule has 0 rings (SSSR count). The molecular formula is C18H40N2. The maximum absolute atomic E-state index is 6.15. The number of nitrogens with two attached hydrogens (primary N) is 1. The molecule has 2 atom stereocenters. The van der Waals surface area contributed by atoms with Crippen LogP contribution in [0.25, 0.3) is 0 Å². The van der Waals surface area contributed by atoms with Crippen LogP contribution in [0.1, 0.15) is 87.0 Å². The Morgan fingerprint density at radius 3 is 2.15 bits per heavy atom. The summed E-state index contributed by atoms with van der Waals surface area (Å²) in [5, 5.41) is 3.50. The first kappa shape index (κ1) is 19.9. The fraction of sp³-hybridized carbons (Fsp3) is 1.00. The van der Waals surface area contributed by atoms with Crippen LogP contribution < -0.4 is 11.1 Å². The molecule has 0 bridgehead atoms. The van der Waals surface area contributed by atoms with Crippen LogP contribution in [0.5, 0.6) is 0 Å². The molecule has 0 radical (unpaired) electrons. The normalized spacial score (nSPS) is 16.2. The summed E-state index contributed by atoms with van der Waals surface area (Å²) in [6.45, 7) is 16.9. The third-order valence-electron chi connectivity index (χ3n) is 4.04. The molecule has 20 heavy (non-hydrogen) atoms. The van der Waals surface area contributed by atoms with Crippen molar-refractivity contribution in [2.75, 3.05) is 6.54 Å². The summed E-state index contributed by atoms with van der Waals surface area (Å²) in [4.78, 5) is 0. The van der Waals surface area contributed by atoms with Crippen LogP contribution >= 0.6 is 0 Å². The van der Waals surface area contributed by atoms with Gasteiger partial charge in [0.1, 0.15) is 0 Å². The Hall–Kier alpha value is -0.0800. The van der Waals surface area contributed by atoms with Crippen molar-refractivity contribution in [3.8, 4) is 0 Å². The molecule has 0 aliphatic rings. The van der Waals surface area contributed by atoms with Crippen LogP contribution in [-0.2, 0) is 0 Å². The molecule has 122 valence electrons. The van der Waals surface area contributed by atoms with Crippen LogP contribution in [0.15, 0.2) is 0 Å². The molecule has 0 aromatic rings. The van der Waals surface area contributed by atoms with Gasteiger partial charge in [0.2, 0.25) is 0 Å². The Morgan fingerprint density at radius 1 is 1.05 bits per heavy atom. The predicted octanol–water partition coefficient (Wildman–Crippen LogP) is 4.72. The Kier molecular flexibility index (Phi) is 9.01. The minimum absolute atomic E-state index is 0.0436. The molecule has 0 aliphatic carbocycles. The molecule has 2 unspecified atom stereocenters. The average Bonchev–Trinajstić information content (AvgIpc) is 2.21. The van der Waals surface area contributed by atoms with Crippen molar-refractivity contribution < 1.29 is 0 Å². The zero-order chi connectivity index (χ0) is 15.8. The largest absolute Gasteiger partial charge is 0.326 e. The van der Waals surface area contributed by atoms with Gasteiger partial charge in [-0.05, 0) is 57.9 Å². The highest BCUT2D eigenvalue weighted by atomic mass is 14.9. The van der Waals surface area contributed by atoms with Gasteiger partial charge in [0.15, 0.2) is 0 Å². The third-order valence-corrected chi connectivity index (χ3v) is 4.04. The van der Waals surface area contributed by atoms with E-state index in [1.165, 1.54) is 32.1 Å². The number of hydrogen-bond acceptors (Lipinski definition) is 2. The zero-order valence-corrected chi connectivity index (χ0v) is 15.2. The van der Waals surface area contributed by atoms with E-state index >= 15 is 0 Å². The summed E-state index contributed by atoms with van der Waals surface area (Å²) >= 11 is 0. The monoisotopic (exact) mass is 284 g/mol. The van der Waals surface area contributed by atoms with Gasteiger partial charge < -0.3 is 11.1 Å². The first-order chi connectivity index (χ1) is 9.06. The molecular weight excluding hydrogens is 244 g/mol. The molecule has 3 N–H and O–H groups in total. The fourth-order valence-corrected chi connectivity index (χ4v) is 3.57. The summed E-state index contributed by atoms with van der Waals surface area (Å²) in [5.41, 5.74) is 6.48. The van der Waals surface area contributed by atoms with Crippen molar-refractivity contribution in [2.45, 2.75) is 98.6 Å². The molecule has 0 saturated heterocycles. The molecule has 2 heteroatoms. The van der Waals surface area contributed by atoms with Gasteiger partial charge in [-0.15, -0.1) is 0 Å². The van der Waals surface area contributed by atoms with E-state index in [1.54, 1.807) is 0 Å². The van der Waals surface area contributed by atoms with E-state index in [0.717, 1.165) is 18.9 Å². The highest BCUT2D eigenvalue weighted by molar-refractivity contribution is 4.82. The van der Waals surface area contributed by atoms with Crippen LogP contribution in [0.3, 0.4) is 0 Å². The maximum atomic E-state index is 6.15. The van der Waals surface area contributed by atoms with Gasteiger partial charge in [0, 0.05) is 11.6 Å². The predicted molar refractivity (Wildman–Crippen MR) is 92.1 cm³/mol. The summed E-state index contributed by atoms with van der Waals surface area (Å²) in [6.07, 6.45) is 7.75. The topological polar surface area (TPSA) is 38.0 Å². The molecule has 0 fully saturated rings. The molecule has 2 nitrogen and oxygen atoms in total. The van der Waals surface area contributed by atoms with Crippen LogP contribution in [0, 0.1) is 11.3 Å². The Balaban J connectivity index is 3.79. The number of hydrogen-bond donors (Lipinski definition) is 2. The SMILES string of the molecule is CCNC(C)CC(C)CCCCC(C)(C)CC(C)(C)N. The highest BCUT2D eigenvalue weighted by Gasteiger charge is 2.25. The lowest BCUT2D eigenvalue weighted by Crippen LogP contribution is -2.37. The minimum atomic E-state index is -0.0436. The first-order valence-corrected chi connectivity index (χ1v) is 8.58. The molecule has 0 saturated carbocycles. The lowest BCUT2D eigenvalue weighted by atomic mass is 9.77. The minimum Gasteiger partial charge on any atom is -0.326 e. The first-order valence-electron chi connectivity index (χ1n) is 8.58. The van der Waals surface area contributed by atoms with Gasteiger partial charge in [0.25, 0.3) is 0 Å². The van der Waals surface area contributed by atoms with E-state index in [1.807, 2.05) is 0 Å². The molecule has 0 heterocycles. The van der Waals surface area contributed by atoms with E-state index in [2.05, 4.69) is 53.8 Å². The summed E-state index contributed by atoms with van der Waals surface area (Å²) in [6, 6.07) is 0.657. The second-order valence-electron chi connectivity index (χ2n) is 8.37. The van der Waals surface area contributed by atoms with E-state index in [0.29, 0.717) is 11.5 Å². The summed E-state index contributed by atoms with van der Waals surface area (Å²) < 4.78 is 0. The van der Waals surface area contributed by atoms with Gasteiger partial charge in [-0.3, -0.25) is 0 Å². The van der Waals surface area contributed by atoms with Crippen LogP contribution in [0.2, 0.25) is 0 Å². The lowest BCUT2D eigenvalue weighted by molar-refractivity contribution is 0.231. The number of rotatable bonds is 11. The van der Waals surface area contributed by atoms with Crippen molar-refractivity contribution in [2.24, 2.45) is 17.1 Å². The maximum Gasteiger partial charge on any atom is 0.0102 e. The molecule has 0 amide bonds. The fourth-order valence-electron chi connectivity index (χ4n) is 3.57. The van der Waals surface area contributed by atoms with Crippen molar-refractivity contribution in [1.82, 2.24) is 5.32 Å². The molecule has 0 aliphatic heterocycles. The smallest absolute Gasteiger partial charge is 0.0102 e. The number of nitrogens with one attached hydrogen (secondary N) is 1. The van der Waals surface area contributed by atoms with Crippen LogP contribution in [0.4, 0.5) is 0 Å². The average molecular weight is 285 g/mol. The second-order valence-corrected chi connectivity index (χ2v) is 8.37. The third kappa shape index (κ3) is 11.7. The van der Waals surface area contributed by atoms with Crippen molar-refractivity contribution in [1.29, 1.82) is 0 Å². The second kappa shape index (κ2) is 9.04. The molecule has 0 aromatic heterocycles. The standard InChI is InChI=1S/C18H40N2/c1-8-20-16(3)13-15(2)11-9-10-12-17(4,5)14-18(6,7)19/h15-16,20H,8-14,19H2,1-7H3. The van der Waals surface area contributed by atoms with Crippen LogP contribution in [-0.4, -0.2) is 18.1 Å². The zero-order valence-electron chi connectivity index (χ0n) is 15.2. The highest BCUT2D eigenvalue weighted by Crippen LogP contribution is 2.32. The Labute approximate surface area is 128 Å². The van der Waals surface area contributed by atoms with E-state index in [4.69, 9.17) is 5.73 Å². The summed E-state index contributed by atoms with van der Waals surface area (Å²) in [7, 11) is 0. The Morgan fingerprint density at radius 2 is 1.65 bits per heavy atom. The van der Waals surface area contributed by atoms with E-state index < -0.39 is 0 Å².